The Morgan fingerprint density at radius 3 is 2.38 bits per heavy atom. The van der Waals surface area contributed by atoms with E-state index in [1.165, 1.54) is 28.8 Å². The number of fused-ring (bicyclic) bond motifs is 1. The molecule has 1 heterocycles. The molecule has 0 unspecified atom stereocenters. The number of anilines is 1. The van der Waals surface area contributed by atoms with Gasteiger partial charge in [0.15, 0.2) is 11.5 Å². The number of hydrogen-bond acceptors (Lipinski definition) is 3. The zero-order chi connectivity index (χ0) is 15.0. The van der Waals surface area contributed by atoms with Gasteiger partial charge in [0.05, 0.1) is 0 Å². The molecule has 0 atom stereocenters. The molecule has 0 aromatic heterocycles. The van der Waals surface area contributed by atoms with Gasteiger partial charge in [0, 0.05) is 18.3 Å². The van der Waals surface area contributed by atoms with Gasteiger partial charge in [0.25, 0.3) is 0 Å². The van der Waals surface area contributed by atoms with Crippen molar-refractivity contribution in [2.75, 3.05) is 5.32 Å². The lowest BCUT2D eigenvalue weighted by molar-refractivity contribution is -0.286. The Labute approximate surface area is 121 Å². The van der Waals surface area contributed by atoms with Crippen LogP contribution in [0.25, 0.3) is 0 Å². The van der Waals surface area contributed by atoms with Crippen LogP contribution in [0, 0.1) is 13.8 Å². The van der Waals surface area contributed by atoms with Gasteiger partial charge in [0.2, 0.25) is 0 Å². The van der Waals surface area contributed by atoms with Crippen molar-refractivity contribution in [1.29, 1.82) is 0 Å². The first kappa shape index (κ1) is 13.7. The van der Waals surface area contributed by atoms with Crippen molar-refractivity contribution in [3.8, 4) is 11.5 Å². The fourth-order valence-electron chi connectivity index (χ4n) is 2.38. The van der Waals surface area contributed by atoms with Gasteiger partial charge in [-0.2, -0.15) is 0 Å². The Morgan fingerprint density at radius 1 is 1.00 bits per heavy atom. The molecule has 0 fully saturated rings. The van der Waals surface area contributed by atoms with Gasteiger partial charge in [-0.25, -0.2) is 0 Å². The van der Waals surface area contributed by atoms with Crippen molar-refractivity contribution < 1.29 is 18.3 Å². The summed E-state index contributed by atoms with van der Waals surface area (Å²) in [4.78, 5) is 0. The molecule has 1 aliphatic heterocycles. The lowest BCUT2D eigenvalue weighted by Crippen LogP contribution is -2.25. The number of ether oxygens (including phenoxy) is 2. The minimum Gasteiger partial charge on any atom is -0.395 e. The molecule has 0 amide bonds. The molecule has 0 bridgehead atoms. The fourth-order valence-corrected chi connectivity index (χ4v) is 2.38. The van der Waals surface area contributed by atoms with E-state index in [0.29, 0.717) is 12.2 Å². The van der Waals surface area contributed by atoms with Gasteiger partial charge in [-0.15, -0.1) is 8.78 Å². The fraction of sp³-hybridized carbons (Fsp3) is 0.250. The van der Waals surface area contributed by atoms with Crippen LogP contribution in [0.2, 0.25) is 0 Å². The van der Waals surface area contributed by atoms with Crippen molar-refractivity contribution in [1.82, 2.24) is 0 Å². The highest BCUT2D eigenvalue weighted by Crippen LogP contribution is 2.42. The first-order valence-electron chi connectivity index (χ1n) is 6.63. The molecule has 5 heteroatoms. The van der Waals surface area contributed by atoms with Crippen molar-refractivity contribution in [3.63, 3.8) is 0 Å². The van der Waals surface area contributed by atoms with Crippen LogP contribution >= 0.6 is 0 Å². The molecular formula is C16H15F2NO2. The lowest BCUT2D eigenvalue weighted by Gasteiger charge is -2.12. The van der Waals surface area contributed by atoms with Crippen molar-refractivity contribution >= 4 is 5.69 Å². The van der Waals surface area contributed by atoms with Crippen LogP contribution in [-0.2, 0) is 6.54 Å². The smallest absolute Gasteiger partial charge is 0.395 e. The summed E-state index contributed by atoms with van der Waals surface area (Å²) in [7, 11) is 0. The normalized spacial score (nSPS) is 15.0. The number of aryl methyl sites for hydroxylation is 2. The molecule has 110 valence electrons. The van der Waals surface area contributed by atoms with Crippen molar-refractivity contribution in [3.05, 3.63) is 53.1 Å². The van der Waals surface area contributed by atoms with E-state index >= 15 is 0 Å². The van der Waals surface area contributed by atoms with E-state index in [4.69, 9.17) is 0 Å². The van der Waals surface area contributed by atoms with Crippen LogP contribution in [0.1, 0.15) is 16.7 Å². The Hall–Kier alpha value is -2.30. The largest absolute Gasteiger partial charge is 0.586 e. The monoisotopic (exact) mass is 291 g/mol. The highest BCUT2D eigenvalue weighted by molar-refractivity contribution is 5.56. The second-order valence-electron chi connectivity index (χ2n) is 5.05. The molecule has 0 saturated carbocycles. The van der Waals surface area contributed by atoms with Gasteiger partial charge >= 0.3 is 6.29 Å². The molecule has 0 aliphatic carbocycles. The van der Waals surface area contributed by atoms with E-state index in [2.05, 4.69) is 14.8 Å². The maximum atomic E-state index is 13.0. The molecule has 1 aliphatic rings. The van der Waals surface area contributed by atoms with E-state index in [1.807, 2.05) is 32.0 Å². The van der Waals surface area contributed by atoms with Gasteiger partial charge in [0.1, 0.15) is 0 Å². The summed E-state index contributed by atoms with van der Waals surface area (Å²) in [5, 5.41) is 3.22. The average molecular weight is 291 g/mol. The molecule has 0 saturated heterocycles. The molecular weight excluding hydrogens is 276 g/mol. The third-order valence-electron chi connectivity index (χ3n) is 3.52. The van der Waals surface area contributed by atoms with Crippen LogP contribution in [-0.4, -0.2) is 6.29 Å². The standard InChI is InChI=1S/C16H15F2NO2/c1-10-4-3-5-11(2)13(10)9-19-12-6-7-14-15(8-12)21-16(17,18)20-14/h3-8,19H,9H2,1-2H3. The second kappa shape index (κ2) is 4.91. The summed E-state index contributed by atoms with van der Waals surface area (Å²) in [6.45, 7) is 4.71. The molecule has 21 heavy (non-hydrogen) atoms. The quantitative estimate of drug-likeness (QED) is 0.917. The van der Waals surface area contributed by atoms with Crippen LogP contribution < -0.4 is 14.8 Å². The maximum absolute atomic E-state index is 13.0. The van der Waals surface area contributed by atoms with Crippen LogP contribution in [0.4, 0.5) is 14.5 Å². The van der Waals surface area contributed by atoms with E-state index in [-0.39, 0.29) is 11.5 Å². The topological polar surface area (TPSA) is 30.5 Å². The minimum atomic E-state index is -3.58. The number of hydrogen-bond donors (Lipinski definition) is 1. The summed E-state index contributed by atoms with van der Waals surface area (Å²) in [5.74, 6) is 0.101. The molecule has 2 aromatic rings. The zero-order valence-electron chi connectivity index (χ0n) is 11.7. The number of rotatable bonds is 3. The number of alkyl halides is 2. The molecule has 0 radical (unpaired) electrons. The first-order valence-corrected chi connectivity index (χ1v) is 6.63. The Morgan fingerprint density at radius 2 is 1.67 bits per heavy atom. The molecule has 1 N–H and O–H groups in total. The first-order chi connectivity index (χ1) is 9.94. The zero-order valence-corrected chi connectivity index (χ0v) is 11.7. The summed E-state index contributed by atoms with van der Waals surface area (Å²) in [6.07, 6.45) is -3.58. The summed E-state index contributed by atoms with van der Waals surface area (Å²) < 4.78 is 34.7. The second-order valence-corrected chi connectivity index (χ2v) is 5.05. The van der Waals surface area contributed by atoms with Crippen LogP contribution in [0.3, 0.4) is 0 Å². The van der Waals surface area contributed by atoms with E-state index in [9.17, 15) is 8.78 Å². The highest BCUT2D eigenvalue weighted by Gasteiger charge is 2.43. The minimum absolute atomic E-state index is 0.0477. The Balaban J connectivity index is 1.76. The lowest BCUT2D eigenvalue weighted by atomic mass is 10.0. The number of halogens is 2. The predicted octanol–water partition coefficient (Wildman–Crippen LogP) is 4.24. The number of nitrogens with one attached hydrogen (secondary N) is 1. The van der Waals surface area contributed by atoms with E-state index in [0.717, 1.165) is 0 Å². The van der Waals surface area contributed by atoms with Crippen molar-refractivity contribution in [2.24, 2.45) is 0 Å². The van der Waals surface area contributed by atoms with Gasteiger partial charge < -0.3 is 14.8 Å². The third kappa shape index (κ3) is 2.77. The van der Waals surface area contributed by atoms with E-state index in [1.54, 1.807) is 6.07 Å². The Kier molecular flexibility index (Phi) is 3.20. The van der Waals surface area contributed by atoms with Crippen LogP contribution in [0.15, 0.2) is 36.4 Å². The number of benzene rings is 2. The average Bonchev–Trinajstić information content (AvgIpc) is 2.71. The maximum Gasteiger partial charge on any atom is 0.586 e. The Bertz CT molecular complexity index is 666. The van der Waals surface area contributed by atoms with Gasteiger partial charge in [-0.3, -0.25) is 0 Å². The predicted molar refractivity (Wildman–Crippen MR) is 75.9 cm³/mol. The van der Waals surface area contributed by atoms with E-state index < -0.39 is 6.29 Å². The van der Waals surface area contributed by atoms with Crippen LogP contribution in [0.5, 0.6) is 11.5 Å². The van der Waals surface area contributed by atoms with Gasteiger partial charge in [-0.1, -0.05) is 18.2 Å². The third-order valence-corrected chi connectivity index (χ3v) is 3.52. The summed E-state index contributed by atoms with van der Waals surface area (Å²) in [5.41, 5.74) is 4.28. The molecule has 0 spiro atoms. The SMILES string of the molecule is Cc1cccc(C)c1CNc1ccc2c(c1)OC(F)(F)O2. The molecule has 3 nitrogen and oxygen atoms in total. The molecule has 3 rings (SSSR count). The highest BCUT2D eigenvalue weighted by atomic mass is 19.3. The van der Waals surface area contributed by atoms with Crippen molar-refractivity contribution in [2.45, 2.75) is 26.7 Å². The van der Waals surface area contributed by atoms with Gasteiger partial charge in [-0.05, 0) is 42.7 Å². The molecule has 2 aromatic carbocycles. The summed E-state index contributed by atoms with van der Waals surface area (Å²) in [6, 6.07) is 10.8. The summed E-state index contributed by atoms with van der Waals surface area (Å²) >= 11 is 0.